The van der Waals surface area contributed by atoms with E-state index in [1.54, 1.807) is 6.07 Å². The van der Waals surface area contributed by atoms with Crippen LogP contribution in [0, 0.1) is 13.8 Å². The minimum atomic E-state index is -0.924. The van der Waals surface area contributed by atoms with Gasteiger partial charge in [0.15, 0.2) is 0 Å². The lowest BCUT2D eigenvalue weighted by atomic mass is 10.0. The van der Waals surface area contributed by atoms with E-state index in [-0.39, 0.29) is 6.61 Å². The topological polar surface area (TPSA) is 88.5 Å². The molecule has 0 saturated carbocycles. The summed E-state index contributed by atoms with van der Waals surface area (Å²) >= 11 is 0. The summed E-state index contributed by atoms with van der Waals surface area (Å²) in [6.45, 7) is 4.94. The molecular formula is C16H22N2O3. The van der Waals surface area contributed by atoms with Gasteiger partial charge in [0, 0.05) is 23.1 Å². The molecule has 5 heteroatoms. The lowest BCUT2D eigenvalue weighted by molar-refractivity contribution is 0.0696. The number of aryl methyl sites for hydroxylation is 2. The first-order valence-corrected chi connectivity index (χ1v) is 7.17. The van der Waals surface area contributed by atoms with Crippen LogP contribution < -0.4 is 5.73 Å². The fourth-order valence-electron chi connectivity index (χ4n) is 2.91. The van der Waals surface area contributed by atoms with E-state index < -0.39 is 5.97 Å². The number of carboxylic acids is 1. The summed E-state index contributed by atoms with van der Waals surface area (Å²) < 4.78 is 1.99. The fourth-order valence-corrected chi connectivity index (χ4v) is 2.91. The number of aromatic nitrogens is 1. The number of nitrogens with two attached hydrogens (primary N) is 1. The smallest absolute Gasteiger partial charge is 0.336 e. The molecule has 0 bridgehead atoms. The normalized spacial score (nSPS) is 11.2. The van der Waals surface area contributed by atoms with Crippen LogP contribution in [0.15, 0.2) is 12.1 Å². The van der Waals surface area contributed by atoms with Gasteiger partial charge in [-0.15, -0.1) is 0 Å². The van der Waals surface area contributed by atoms with Gasteiger partial charge in [-0.25, -0.2) is 4.79 Å². The molecule has 0 aliphatic carbocycles. The number of aliphatic hydroxyl groups is 1. The van der Waals surface area contributed by atoms with Crippen molar-refractivity contribution < 1.29 is 15.0 Å². The van der Waals surface area contributed by atoms with Gasteiger partial charge in [0.25, 0.3) is 0 Å². The van der Waals surface area contributed by atoms with Crippen molar-refractivity contribution in [1.82, 2.24) is 4.57 Å². The van der Waals surface area contributed by atoms with E-state index in [0.29, 0.717) is 18.7 Å². The predicted molar refractivity (Wildman–Crippen MR) is 82.8 cm³/mol. The number of aliphatic hydroxyl groups excluding tert-OH is 1. The Bertz CT molecular complexity index is 674. The fraction of sp³-hybridized carbons (Fsp3) is 0.438. The number of hydrogen-bond donors (Lipinski definition) is 3. The monoisotopic (exact) mass is 290 g/mol. The molecule has 0 aliphatic rings. The molecule has 114 valence electrons. The lowest BCUT2D eigenvalue weighted by Crippen LogP contribution is -2.06. The number of carboxylic acid groups (broad SMARTS) is 1. The van der Waals surface area contributed by atoms with Crippen LogP contribution in [-0.2, 0) is 13.0 Å². The molecule has 1 aromatic carbocycles. The van der Waals surface area contributed by atoms with Gasteiger partial charge in [0.2, 0.25) is 0 Å². The van der Waals surface area contributed by atoms with Crippen molar-refractivity contribution in [3.8, 4) is 0 Å². The van der Waals surface area contributed by atoms with Crippen molar-refractivity contribution in [3.05, 3.63) is 34.5 Å². The number of aromatic carboxylic acids is 1. The largest absolute Gasteiger partial charge is 0.478 e. The van der Waals surface area contributed by atoms with Gasteiger partial charge in [-0.3, -0.25) is 0 Å². The molecule has 0 unspecified atom stereocenters. The average Bonchev–Trinajstić information content (AvgIpc) is 2.68. The van der Waals surface area contributed by atoms with Crippen molar-refractivity contribution >= 4 is 16.9 Å². The molecule has 1 heterocycles. The van der Waals surface area contributed by atoms with Crippen LogP contribution in [0.2, 0.25) is 0 Å². The minimum absolute atomic E-state index is 0.0250. The summed E-state index contributed by atoms with van der Waals surface area (Å²) in [5, 5.41) is 19.6. The van der Waals surface area contributed by atoms with E-state index in [4.69, 9.17) is 5.73 Å². The molecule has 0 amide bonds. The highest BCUT2D eigenvalue weighted by Gasteiger charge is 2.17. The molecule has 0 spiro atoms. The Morgan fingerprint density at radius 1 is 1.33 bits per heavy atom. The Labute approximate surface area is 124 Å². The number of benzene rings is 1. The van der Waals surface area contributed by atoms with Crippen LogP contribution in [0.4, 0.5) is 0 Å². The predicted octanol–water partition coefficient (Wildman–Crippen LogP) is 1.84. The first kappa shape index (κ1) is 15.5. The molecule has 21 heavy (non-hydrogen) atoms. The van der Waals surface area contributed by atoms with Gasteiger partial charge in [-0.05, 0) is 56.5 Å². The second-order valence-electron chi connectivity index (χ2n) is 5.32. The van der Waals surface area contributed by atoms with Crippen LogP contribution >= 0.6 is 0 Å². The summed E-state index contributed by atoms with van der Waals surface area (Å²) in [5.74, 6) is -0.924. The molecule has 0 aliphatic heterocycles. The Kier molecular flexibility index (Phi) is 4.65. The number of carbonyl (C=O) groups is 1. The zero-order chi connectivity index (χ0) is 15.6. The molecule has 2 aromatic rings. The summed E-state index contributed by atoms with van der Waals surface area (Å²) in [6.07, 6.45) is 1.75. The Hall–Kier alpha value is -1.85. The lowest BCUT2D eigenvalue weighted by Gasteiger charge is -2.07. The second kappa shape index (κ2) is 6.28. The van der Waals surface area contributed by atoms with E-state index in [1.807, 2.05) is 24.5 Å². The minimum Gasteiger partial charge on any atom is -0.478 e. The maximum Gasteiger partial charge on any atom is 0.336 e. The number of rotatable bonds is 6. The molecule has 0 saturated heterocycles. The van der Waals surface area contributed by atoms with Gasteiger partial charge >= 0.3 is 5.97 Å². The van der Waals surface area contributed by atoms with E-state index in [0.717, 1.165) is 35.0 Å². The van der Waals surface area contributed by atoms with Crippen molar-refractivity contribution in [2.24, 2.45) is 5.73 Å². The van der Waals surface area contributed by atoms with E-state index in [2.05, 4.69) is 0 Å². The van der Waals surface area contributed by atoms with E-state index in [1.165, 1.54) is 5.56 Å². The quantitative estimate of drug-likeness (QED) is 0.757. The third-order valence-electron chi connectivity index (χ3n) is 3.99. The van der Waals surface area contributed by atoms with Gasteiger partial charge < -0.3 is 20.5 Å². The first-order valence-electron chi connectivity index (χ1n) is 7.17. The zero-order valence-corrected chi connectivity index (χ0v) is 12.5. The van der Waals surface area contributed by atoms with Gasteiger partial charge in [0.05, 0.1) is 12.2 Å². The Morgan fingerprint density at radius 2 is 2.05 bits per heavy atom. The van der Waals surface area contributed by atoms with Crippen LogP contribution in [0.3, 0.4) is 0 Å². The van der Waals surface area contributed by atoms with Crippen molar-refractivity contribution in [2.45, 2.75) is 33.2 Å². The summed E-state index contributed by atoms with van der Waals surface area (Å²) in [7, 11) is 0. The van der Waals surface area contributed by atoms with Crippen LogP contribution in [-0.4, -0.2) is 33.9 Å². The number of hydrogen-bond acceptors (Lipinski definition) is 3. The van der Waals surface area contributed by atoms with Crippen LogP contribution in [0.5, 0.6) is 0 Å². The first-order chi connectivity index (χ1) is 10.0. The highest BCUT2D eigenvalue weighted by molar-refractivity contribution is 5.96. The van der Waals surface area contributed by atoms with Crippen molar-refractivity contribution in [2.75, 3.05) is 13.2 Å². The van der Waals surface area contributed by atoms with E-state index in [9.17, 15) is 15.0 Å². The molecule has 0 radical (unpaired) electrons. The average molecular weight is 290 g/mol. The van der Waals surface area contributed by atoms with Gasteiger partial charge in [0.1, 0.15) is 0 Å². The number of nitrogens with zero attached hydrogens (tertiary/aromatic N) is 1. The zero-order valence-electron chi connectivity index (χ0n) is 12.5. The van der Waals surface area contributed by atoms with E-state index >= 15 is 0 Å². The maximum absolute atomic E-state index is 11.3. The number of fused-ring (bicyclic) bond motifs is 1. The van der Waals surface area contributed by atoms with Crippen LogP contribution in [0.1, 0.15) is 33.6 Å². The van der Waals surface area contributed by atoms with Crippen LogP contribution in [0.25, 0.3) is 10.9 Å². The molecular weight excluding hydrogens is 268 g/mol. The molecule has 0 fully saturated rings. The summed E-state index contributed by atoms with van der Waals surface area (Å²) in [6, 6.07) is 3.65. The highest BCUT2D eigenvalue weighted by Crippen LogP contribution is 2.29. The molecule has 5 nitrogen and oxygen atoms in total. The van der Waals surface area contributed by atoms with Gasteiger partial charge in [-0.1, -0.05) is 0 Å². The standard InChI is InChI=1S/C16H22N2O3/c1-10-8-14-12(4-3-5-17)11(2)18(6-7-19)15(14)9-13(10)16(20)21/h8-9,19H,3-7,17H2,1-2H3,(H,20,21). The maximum atomic E-state index is 11.3. The van der Waals surface area contributed by atoms with Crippen molar-refractivity contribution in [3.63, 3.8) is 0 Å². The third kappa shape index (κ3) is 2.80. The Morgan fingerprint density at radius 3 is 2.62 bits per heavy atom. The summed E-state index contributed by atoms with van der Waals surface area (Å²) in [4.78, 5) is 11.3. The second-order valence-corrected chi connectivity index (χ2v) is 5.32. The molecule has 4 N–H and O–H groups in total. The van der Waals surface area contributed by atoms with Gasteiger partial charge in [-0.2, -0.15) is 0 Å². The Balaban J connectivity index is 2.71. The van der Waals surface area contributed by atoms with Crippen molar-refractivity contribution in [1.29, 1.82) is 0 Å². The molecule has 1 aromatic heterocycles. The summed E-state index contributed by atoms with van der Waals surface area (Å²) in [5.41, 5.74) is 9.82. The molecule has 0 atom stereocenters. The third-order valence-corrected chi connectivity index (χ3v) is 3.99. The highest BCUT2D eigenvalue weighted by atomic mass is 16.4. The molecule has 2 rings (SSSR count). The SMILES string of the molecule is Cc1cc2c(CCCN)c(C)n(CCO)c2cc1C(=O)O.